The van der Waals surface area contributed by atoms with Gasteiger partial charge >= 0.3 is 0 Å². The lowest BCUT2D eigenvalue weighted by Gasteiger charge is -2.26. The topological polar surface area (TPSA) is 4.93 Å². The van der Waals surface area contributed by atoms with Crippen LogP contribution in [0.25, 0.3) is 49.7 Å². The van der Waals surface area contributed by atoms with Crippen LogP contribution >= 0.6 is 0 Å². The molecule has 0 saturated carbocycles. The summed E-state index contributed by atoms with van der Waals surface area (Å²) in [6.45, 7) is 4.63. The zero-order chi connectivity index (χ0) is 30.1. The number of unbranched alkanes of at least 4 members (excludes halogenated alkanes) is 6. The summed E-state index contributed by atoms with van der Waals surface area (Å²) in [5, 5.41) is 2.61. The molecule has 0 bridgehead atoms. The normalized spacial score (nSPS) is 11.6. The first kappa shape index (κ1) is 29.9. The Balaban J connectivity index is 1.56. The van der Waals surface area contributed by atoms with E-state index in [2.05, 4.69) is 140 Å². The fourth-order valence-electron chi connectivity index (χ4n) is 7.26. The third-order valence-corrected chi connectivity index (χ3v) is 9.43. The van der Waals surface area contributed by atoms with Crippen LogP contribution in [0.5, 0.6) is 0 Å². The van der Waals surface area contributed by atoms with Crippen molar-refractivity contribution in [3.8, 4) is 27.9 Å². The van der Waals surface area contributed by atoms with E-state index >= 15 is 0 Å². The Morgan fingerprint density at radius 1 is 0.455 bits per heavy atom. The predicted octanol–water partition coefficient (Wildman–Crippen LogP) is 13.1. The van der Waals surface area contributed by atoms with Gasteiger partial charge in [-0.15, -0.1) is 0 Å². The number of hydrogen-bond acceptors (Lipinski definition) is 0. The maximum absolute atomic E-state index is 2.50. The highest BCUT2D eigenvalue weighted by Gasteiger charge is 2.23. The zero-order valence-corrected chi connectivity index (χ0v) is 26.6. The maximum atomic E-state index is 2.50. The average molecular weight is 578 g/mol. The molecule has 6 rings (SSSR count). The van der Waals surface area contributed by atoms with Crippen LogP contribution in [0.4, 0.5) is 0 Å². The Morgan fingerprint density at radius 3 is 1.61 bits per heavy atom. The van der Waals surface area contributed by atoms with E-state index in [4.69, 9.17) is 0 Å². The first-order valence-electron chi connectivity index (χ1n) is 17.1. The summed E-state index contributed by atoms with van der Waals surface area (Å²) in [6, 6.07) is 45.0. The molecule has 0 unspecified atom stereocenters. The SMILES string of the molecule is CCCCCCC(CCCCCC)c1c(-c2ccccc2)cccc1-c1ccccc1-n1c2ccccc2c2ccccc21. The summed E-state index contributed by atoms with van der Waals surface area (Å²) in [5.41, 5.74) is 10.8. The molecular weight excluding hydrogens is 530 g/mol. The van der Waals surface area contributed by atoms with E-state index < -0.39 is 0 Å². The highest BCUT2D eigenvalue weighted by atomic mass is 15.0. The molecule has 1 aromatic heterocycles. The van der Waals surface area contributed by atoms with Gasteiger partial charge in [-0.3, -0.25) is 0 Å². The molecular formula is C43H47N. The van der Waals surface area contributed by atoms with Crippen LogP contribution in [-0.4, -0.2) is 4.57 Å². The fraction of sp³-hybridized carbons (Fsp3) is 0.302. The summed E-state index contributed by atoms with van der Waals surface area (Å²) < 4.78 is 2.50. The summed E-state index contributed by atoms with van der Waals surface area (Å²) in [5.74, 6) is 0.529. The Bertz CT molecular complexity index is 1730. The van der Waals surface area contributed by atoms with Gasteiger partial charge in [0, 0.05) is 16.3 Å². The van der Waals surface area contributed by atoms with E-state index in [1.807, 2.05) is 0 Å². The van der Waals surface area contributed by atoms with Crippen molar-refractivity contribution in [2.24, 2.45) is 0 Å². The molecule has 0 saturated heterocycles. The van der Waals surface area contributed by atoms with Gasteiger partial charge in [0.15, 0.2) is 0 Å². The summed E-state index contributed by atoms with van der Waals surface area (Å²) in [4.78, 5) is 0. The molecule has 0 atom stereocenters. The van der Waals surface area contributed by atoms with E-state index in [0.29, 0.717) is 5.92 Å². The molecule has 0 aliphatic rings. The summed E-state index contributed by atoms with van der Waals surface area (Å²) in [6.07, 6.45) is 12.9. The first-order valence-corrected chi connectivity index (χ1v) is 17.1. The van der Waals surface area contributed by atoms with Gasteiger partial charge in [-0.1, -0.05) is 168 Å². The predicted molar refractivity (Wildman–Crippen MR) is 192 cm³/mol. The van der Waals surface area contributed by atoms with Crippen molar-refractivity contribution in [3.05, 3.63) is 127 Å². The van der Waals surface area contributed by atoms with Gasteiger partial charge in [-0.2, -0.15) is 0 Å². The molecule has 1 nitrogen and oxygen atoms in total. The smallest absolute Gasteiger partial charge is 0.0541 e. The van der Waals surface area contributed by atoms with Crippen LogP contribution in [0.15, 0.2) is 121 Å². The number of benzene rings is 5. The molecule has 0 radical (unpaired) electrons. The van der Waals surface area contributed by atoms with Gasteiger partial charge in [-0.25, -0.2) is 0 Å². The summed E-state index contributed by atoms with van der Waals surface area (Å²) in [7, 11) is 0. The van der Waals surface area contributed by atoms with E-state index in [1.165, 1.54) is 114 Å². The Hall–Kier alpha value is -4.10. The number of aromatic nitrogens is 1. The third kappa shape index (κ3) is 6.25. The van der Waals surface area contributed by atoms with Crippen LogP contribution in [0.1, 0.15) is 89.5 Å². The second-order valence-corrected chi connectivity index (χ2v) is 12.4. The molecule has 0 aliphatic carbocycles. The molecule has 0 amide bonds. The third-order valence-electron chi connectivity index (χ3n) is 9.43. The quantitative estimate of drug-likeness (QED) is 0.113. The number of nitrogens with zero attached hydrogens (tertiary/aromatic N) is 1. The lowest BCUT2D eigenvalue weighted by atomic mass is 9.79. The lowest BCUT2D eigenvalue weighted by Crippen LogP contribution is -2.06. The Kier molecular flexibility index (Phi) is 9.93. The van der Waals surface area contributed by atoms with Crippen molar-refractivity contribution >= 4 is 21.8 Å². The largest absolute Gasteiger partial charge is 0.309 e. The van der Waals surface area contributed by atoms with Crippen molar-refractivity contribution in [2.75, 3.05) is 0 Å². The number of fused-ring (bicyclic) bond motifs is 3. The highest BCUT2D eigenvalue weighted by molar-refractivity contribution is 6.09. The molecule has 224 valence electrons. The zero-order valence-electron chi connectivity index (χ0n) is 26.6. The molecule has 6 aromatic rings. The van der Waals surface area contributed by atoms with Gasteiger partial charge in [0.05, 0.1) is 16.7 Å². The molecule has 0 spiro atoms. The molecule has 0 N–H and O–H groups in total. The van der Waals surface area contributed by atoms with Gasteiger partial charge in [0.1, 0.15) is 0 Å². The fourth-order valence-corrected chi connectivity index (χ4v) is 7.26. The molecule has 1 heteroatoms. The van der Waals surface area contributed by atoms with Crippen LogP contribution in [-0.2, 0) is 0 Å². The lowest BCUT2D eigenvalue weighted by molar-refractivity contribution is 0.498. The maximum Gasteiger partial charge on any atom is 0.0541 e. The summed E-state index contributed by atoms with van der Waals surface area (Å²) >= 11 is 0. The van der Waals surface area contributed by atoms with Gasteiger partial charge in [-0.05, 0) is 59.2 Å². The number of para-hydroxylation sites is 3. The van der Waals surface area contributed by atoms with E-state index in [1.54, 1.807) is 5.56 Å². The van der Waals surface area contributed by atoms with Gasteiger partial charge in [0.25, 0.3) is 0 Å². The Labute approximate surface area is 264 Å². The van der Waals surface area contributed by atoms with E-state index in [-0.39, 0.29) is 0 Å². The van der Waals surface area contributed by atoms with Crippen molar-refractivity contribution in [1.82, 2.24) is 4.57 Å². The van der Waals surface area contributed by atoms with Crippen LogP contribution in [0.3, 0.4) is 0 Å². The van der Waals surface area contributed by atoms with E-state index in [9.17, 15) is 0 Å². The molecule has 0 aliphatic heterocycles. The minimum absolute atomic E-state index is 0.529. The van der Waals surface area contributed by atoms with Crippen LogP contribution in [0.2, 0.25) is 0 Å². The minimum Gasteiger partial charge on any atom is -0.309 e. The molecule has 44 heavy (non-hydrogen) atoms. The second-order valence-electron chi connectivity index (χ2n) is 12.4. The Morgan fingerprint density at radius 2 is 0.977 bits per heavy atom. The van der Waals surface area contributed by atoms with E-state index in [0.717, 1.165) is 0 Å². The van der Waals surface area contributed by atoms with Gasteiger partial charge in [0.2, 0.25) is 0 Å². The standard InChI is InChI=1S/C43H47N/c1-3-5-7-10-23-34(24-11-8-6-4-2)43-35(33-21-12-9-13-22-33)28-20-29-39(43)38-27-16-19-32-42(38)44-40-30-17-14-25-36(40)37-26-15-18-31-41(37)44/h9,12-22,25-32,34H,3-8,10-11,23-24H2,1-2H3. The van der Waals surface area contributed by atoms with Crippen molar-refractivity contribution in [3.63, 3.8) is 0 Å². The second kappa shape index (κ2) is 14.6. The minimum atomic E-state index is 0.529. The monoisotopic (exact) mass is 577 g/mol. The van der Waals surface area contributed by atoms with Crippen molar-refractivity contribution in [1.29, 1.82) is 0 Å². The van der Waals surface area contributed by atoms with Crippen LogP contribution in [0, 0.1) is 0 Å². The van der Waals surface area contributed by atoms with Crippen molar-refractivity contribution < 1.29 is 0 Å². The number of rotatable bonds is 14. The average Bonchev–Trinajstić information content (AvgIpc) is 3.42. The van der Waals surface area contributed by atoms with Crippen molar-refractivity contribution in [2.45, 2.75) is 84.0 Å². The van der Waals surface area contributed by atoms with Gasteiger partial charge < -0.3 is 4.57 Å². The van der Waals surface area contributed by atoms with Crippen LogP contribution < -0.4 is 0 Å². The highest BCUT2D eigenvalue weighted by Crippen LogP contribution is 2.44. The molecule has 1 heterocycles. The number of hydrogen-bond donors (Lipinski definition) is 0. The first-order chi connectivity index (χ1) is 21.8. The molecule has 5 aromatic carbocycles. The molecule has 0 fully saturated rings.